The van der Waals surface area contributed by atoms with Crippen LogP contribution in [0, 0.1) is 5.92 Å². The fourth-order valence-electron chi connectivity index (χ4n) is 1.72. The quantitative estimate of drug-likeness (QED) is 0.774. The van der Waals surface area contributed by atoms with Crippen LogP contribution in [0.2, 0.25) is 0 Å². The highest BCUT2D eigenvalue weighted by Gasteiger charge is 2.23. The van der Waals surface area contributed by atoms with E-state index in [-0.39, 0.29) is 0 Å². The molecule has 1 atom stereocenters. The molecule has 2 rings (SSSR count). The molecule has 1 fully saturated rings. The van der Waals surface area contributed by atoms with Crippen molar-refractivity contribution >= 4 is 11.8 Å². The van der Waals surface area contributed by atoms with Gasteiger partial charge in [0.05, 0.1) is 0 Å². The normalized spacial score (nSPS) is 17.2. The van der Waals surface area contributed by atoms with Crippen LogP contribution in [-0.4, -0.2) is 23.1 Å². The van der Waals surface area contributed by atoms with Crippen molar-refractivity contribution in [3.8, 4) is 0 Å². The van der Waals surface area contributed by atoms with E-state index in [0.717, 1.165) is 11.7 Å². The van der Waals surface area contributed by atoms with Gasteiger partial charge < -0.3 is 10.6 Å². The van der Waals surface area contributed by atoms with Gasteiger partial charge in [-0.1, -0.05) is 12.8 Å². The largest absolute Gasteiger partial charge is 0.367 e. The highest BCUT2D eigenvalue weighted by atomic mass is 15.1. The average Bonchev–Trinajstić information content (AvgIpc) is 3.02. The van der Waals surface area contributed by atoms with Crippen LogP contribution >= 0.6 is 0 Å². The summed E-state index contributed by atoms with van der Waals surface area (Å²) in [5.74, 6) is 2.51. The van der Waals surface area contributed by atoms with Crippen molar-refractivity contribution in [1.82, 2.24) is 9.97 Å². The molecule has 0 radical (unpaired) electrons. The summed E-state index contributed by atoms with van der Waals surface area (Å²) in [6, 6.07) is 2.40. The lowest BCUT2D eigenvalue weighted by molar-refractivity contribution is 0.640. The maximum Gasteiger partial charge on any atom is 0.224 e. The van der Waals surface area contributed by atoms with E-state index in [2.05, 4.69) is 27.5 Å². The van der Waals surface area contributed by atoms with Crippen molar-refractivity contribution in [2.24, 2.45) is 5.92 Å². The number of aromatic nitrogens is 2. The van der Waals surface area contributed by atoms with Crippen molar-refractivity contribution in [3.05, 3.63) is 12.3 Å². The summed E-state index contributed by atoms with van der Waals surface area (Å²) in [6.07, 6.45) is 5.82. The Labute approximate surface area is 90.5 Å². The molecule has 1 saturated carbocycles. The van der Waals surface area contributed by atoms with Gasteiger partial charge in [0, 0.05) is 19.3 Å². The first-order valence-corrected chi connectivity index (χ1v) is 5.55. The van der Waals surface area contributed by atoms with E-state index in [4.69, 9.17) is 0 Å². The second-order valence-electron chi connectivity index (χ2n) is 4.24. The van der Waals surface area contributed by atoms with Crippen LogP contribution in [0.15, 0.2) is 12.3 Å². The van der Waals surface area contributed by atoms with Gasteiger partial charge in [-0.3, -0.25) is 0 Å². The zero-order chi connectivity index (χ0) is 10.7. The molecule has 0 bridgehead atoms. The predicted molar refractivity (Wildman–Crippen MR) is 62.0 cm³/mol. The van der Waals surface area contributed by atoms with Crippen LogP contribution in [0.1, 0.15) is 26.2 Å². The molecule has 4 heteroatoms. The maximum atomic E-state index is 4.33. The van der Waals surface area contributed by atoms with Gasteiger partial charge >= 0.3 is 0 Å². The number of hydrogen-bond donors (Lipinski definition) is 2. The lowest BCUT2D eigenvalue weighted by atomic mass is 10.1. The van der Waals surface area contributed by atoms with Gasteiger partial charge in [-0.05, 0) is 25.3 Å². The zero-order valence-electron chi connectivity index (χ0n) is 9.33. The SMILES string of the molecule is CNc1nccc(NC(C)CC2CC2)n1. The first kappa shape index (κ1) is 10.2. The molecule has 1 unspecified atom stereocenters. The third kappa shape index (κ3) is 3.08. The molecule has 1 aromatic rings. The fraction of sp³-hybridized carbons (Fsp3) is 0.636. The third-order valence-corrected chi connectivity index (χ3v) is 2.66. The van der Waals surface area contributed by atoms with E-state index in [1.165, 1.54) is 19.3 Å². The van der Waals surface area contributed by atoms with Gasteiger partial charge in [-0.25, -0.2) is 4.98 Å². The molecule has 1 heterocycles. The van der Waals surface area contributed by atoms with E-state index in [0.29, 0.717) is 12.0 Å². The highest BCUT2D eigenvalue weighted by Crippen LogP contribution is 2.33. The predicted octanol–water partition coefficient (Wildman–Crippen LogP) is 2.12. The molecular formula is C11H18N4. The molecule has 4 nitrogen and oxygen atoms in total. The van der Waals surface area contributed by atoms with Crippen LogP contribution in [0.4, 0.5) is 11.8 Å². The fourth-order valence-corrected chi connectivity index (χ4v) is 1.72. The molecule has 0 saturated heterocycles. The molecule has 0 spiro atoms. The molecule has 0 aliphatic heterocycles. The summed E-state index contributed by atoms with van der Waals surface area (Å²) in [5, 5.41) is 6.33. The second kappa shape index (κ2) is 4.47. The molecule has 1 aromatic heterocycles. The molecule has 15 heavy (non-hydrogen) atoms. The first-order valence-electron chi connectivity index (χ1n) is 5.55. The number of hydrogen-bond acceptors (Lipinski definition) is 4. The number of anilines is 2. The van der Waals surface area contributed by atoms with Gasteiger partial charge in [0.15, 0.2) is 0 Å². The van der Waals surface area contributed by atoms with E-state index >= 15 is 0 Å². The smallest absolute Gasteiger partial charge is 0.224 e. The Hall–Kier alpha value is -1.32. The zero-order valence-corrected chi connectivity index (χ0v) is 9.33. The van der Waals surface area contributed by atoms with Crippen LogP contribution in [0.25, 0.3) is 0 Å². The van der Waals surface area contributed by atoms with E-state index in [1.807, 2.05) is 13.1 Å². The van der Waals surface area contributed by atoms with Gasteiger partial charge in [0.2, 0.25) is 5.95 Å². The van der Waals surface area contributed by atoms with E-state index < -0.39 is 0 Å². The Morgan fingerprint density at radius 1 is 1.53 bits per heavy atom. The van der Waals surface area contributed by atoms with Gasteiger partial charge in [0.1, 0.15) is 5.82 Å². The maximum absolute atomic E-state index is 4.33. The minimum absolute atomic E-state index is 0.497. The third-order valence-electron chi connectivity index (χ3n) is 2.66. The van der Waals surface area contributed by atoms with Crippen molar-refractivity contribution in [2.75, 3.05) is 17.7 Å². The van der Waals surface area contributed by atoms with Crippen molar-refractivity contribution in [2.45, 2.75) is 32.2 Å². The summed E-state index contributed by atoms with van der Waals surface area (Å²) in [7, 11) is 1.83. The Morgan fingerprint density at radius 3 is 3.00 bits per heavy atom. The molecular weight excluding hydrogens is 188 g/mol. The monoisotopic (exact) mass is 206 g/mol. The van der Waals surface area contributed by atoms with Gasteiger partial charge in [0.25, 0.3) is 0 Å². The summed E-state index contributed by atoms with van der Waals surface area (Å²) in [5.41, 5.74) is 0. The van der Waals surface area contributed by atoms with E-state index in [1.54, 1.807) is 6.20 Å². The second-order valence-corrected chi connectivity index (χ2v) is 4.24. The Balaban J connectivity index is 1.90. The van der Waals surface area contributed by atoms with Gasteiger partial charge in [-0.15, -0.1) is 0 Å². The molecule has 1 aliphatic rings. The first-order chi connectivity index (χ1) is 7.28. The average molecular weight is 206 g/mol. The summed E-state index contributed by atoms with van der Waals surface area (Å²) in [6.45, 7) is 2.21. The van der Waals surface area contributed by atoms with Crippen LogP contribution < -0.4 is 10.6 Å². The minimum atomic E-state index is 0.497. The van der Waals surface area contributed by atoms with Crippen LogP contribution in [-0.2, 0) is 0 Å². The lowest BCUT2D eigenvalue weighted by Crippen LogP contribution is -2.17. The van der Waals surface area contributed by atoms with Gasteiger partial charge in [-0.2, -0.15) is 4.98 Å². The Bertz CT molecular complexity index is 322. The molecule has 0 aromatic carbocycles. The summed E-state index contributed by atoms with van der Waals surface area (Å²) < 4.78 is 0. The minimum Gasteiger partial charge on any atom is -0.367 e. The number of nitrogens with zero attached hydrogens (tertiary/aromatic N) is 2. The molecule has 0 amide bonds. The lowest BCUT2D eigenvalue weighted by Gasteiger charge is -2.14. The van der Waals surface area contributed by atoms with Crippen molar-refractivity contribution in [1.29, 1.82) is 0 Å². The van der Waals surface area contributed by atoms with Crippen LogP contribution in [0.5, 0.6) is 0 Å². The summed E-state index contributed by atoms with van der Waals surface area (Å²) in [4.78, 5) is 8.40. The number of rotatable bonds is 5. The Morgan fingerprint density at radius 2 is 2.33 bits per heavy atom. The molecule has 1 aliphatic carbocycles. The molecule has 2 N–H and O–H groups in total. The van der Waals surface area contributed by atoms with Crippen LogP contribution in [0.3, 0.4) is 0 Å². The standard InChI is InChI=1S/C11H18N4/c1-8(7-9-3-4-9)14-10-5-6-13-11(12-2)15-10/h5-6,8-9H,3-4,7H2,1-2H3,(H2,12,13,14,15). The van der Waals surface area contributed by atoms with E-state index in [9.17, 15) is 0 Å². The number of nitrogens with one attached hydrogen (secondary N) is 2. The summed E-state index contributed by atoms with van der Waals surface area (Å²) >= 11 is 0. The Kier molecular flexibility index (Phi) is 3.04. The highest BCUT2D eigenvalue weighted by molar-refractivity contribution is 5.39. The van der Waals surface area contributed by atoms with Crippen molar-refractivity contribution in [3.63, 3.8) is 0 Å². The molecule has 82 valence electrons. The van der Waals surface area contributed by atoms with Crippen molar-refractivity contribution < 1.29 is 0 Å². The topological polar surface area (TPSA) is 49.8 Å².